The summed E-state index contributed by atoms with van der Waals surface area (Å²) in [6.07, 6.45) is 4.72. The smallest absolute Gasteiger partial charge is 0.119 e. The monoisotopic (exact) mass is 192 g/mol. The van der Waals surface area contributed by atoms with Crippen LogP contribution in [0.2, 0.25) is 0 Å². The lowest BCUT2D eigenvalue weighted by Crippen LogP contribution is -1.99. The van der Waals surface area contributed by atoms with E-state index < -0.39 is 0 Å². The average Bonchev–Trinajstić information content (AvgIpc) is 2.21. The number of allylic oxidation sites excluding steroid dienone is 1. The van der Waals surface area contributed by atoms with E-state index in [1.165, 1.54) is 5.56 Å². The Morgan fingerprint density at radius 3 is 2.57 bits per heavy atom. The van der Waals surface area contributed by atoms with Gasteiger partial charge in [0, 0.05) is 13.0 Å². The first kappa shape index (κ1) is 10.8. The van der Waals surface area contributed by atoms with E-state index in [1.54, 1.807) is 0 Å². The lowest BCUT2D eigenvalue weighted by molar-refractivity contribution is 0.233. The summed E-state index contributed by atoms with van der Waals surface area (Å²) in [5, 5.41) is 8.57. The molecule has 0 heterocycles. The van der Waals surface area contributed by atoms with Gasteiger partial charge >= 0.3 is 0 Å². The van der Waals surface area contributed by atoms with Crippen LogP contribution in [0.4, 0.5) is 0 Å². The molecule has 2 heteroatoms. The zero-order valence-corrected chi connectivity index (χ0v) is 8.44. The minimum absolute atomic E-state index is 0.177. The van der Waals surface area contributed by atoms with Crippen LogP contribution in [-0.4, -0.2) is 18.3 Å². The van der Waals surface area contributed by atoms with E-state index in [9.17, 15) is 0 Å². The standard InChI is InChI=1S/C12H16O2/c1-2-4-11-5-7-12(8-6-11)14-10-3-9-13/h2,4-8,13H,3,9-10H2,1H3. The summed E-state index contributed by atoms with van der Waals surface area (Å²) in [7, 11) is 0. The van der Waals surface area contributed by atoms with E-state index in [0.717, 1.165) is 5.75 Å². The number of aliphatic hydroxyl groups is 1. The molecule has 0 aliphatic carbocycles. The van der Waals surface area contributed by atoms with E-state index in [-0.39, 0.29) is 6.61 Å². The molecule has 0 spiro atoms. The number of ether oxygens (including phenoxy) is 1. The first-order valence-electron chi connectivity index (χ1n) is 4.83. The second-order valence-electron chi connectivity index (χ2n) is 2.99. The Balaban J connectivity index is 2.46. The molecule has 1 aromatic carbocycles. The molecular formula is C12H16O2. The fourth-order valence-electron chi connectivity index (χ4n) is 1.12. The summed E-state index contributed by atoms with van der Waals surface area (Å²) < 4.78 is 5.40. The molecule has 1 N–H and O–H groups in total. The molecule has 0 radical (unpaired) electrons. The third-order valence-electron chi connectivity index (χ3n) is 1.81. The molecule has 0 fully saturated rings. The number of hydrogen-bond donors (Lipinski definition) is 1. The highest BCUT2D eigenvalue weighted by Gasteiger charge is 1.92. The van der Waals surface area contributed by atoms with Crippen LogP contribution >= 0.6 is 0 Å². The molecule has 0 aliphatic rings. The van der Waals surface area contributed by atoms with Gasteiger partial charge in [0.1, 0.15) is 5.75 Å². The maximum absolute atomic E-state index is 8.57. The van der Waals surface area contributed by atoms with Gasteiger partial charge in [-0.2, -0.15) is 0 Å². The first-order valence-corrected chi connectivity index (χ1v) is 4.83. The molecule has 2 nitrogen and oxygen atoms in total. The van der Waals surface area contributed by atoms with Crippen molar-refractivity contribution in [1.82, 2.24) is 0 Å². The van der Waals surface area contributed by atoms with Crippen LogP contribution in [-0.2, 0) is 0 Å². The summed E-state index contributed by atoms with van der Waals surface area (Å²) in [6.45, 7) is 2.74. The van der Waals surface area contributed by atoms with Crippen molar-refractivity contribution in [1.29, 1.82) is 0 Å². The van der Waals surface area contributed by atoms with Gasteiger partial charge in [-0.15, -0.1) is 0 Å². The molecule has 14 heavy (non-hydrogen) atoms. The van der Waals surface area contributed by atoms with Crippen molar-refractivity contribution < 1.29 is 9.84 Å². The highest BCUT2D eigenvalue weighted by molar-refractivity contribution is 5.50. The van der Waals surface area contributed by atoms with Gasteiger partial charge in [0.15, 0.2) is 0 Å². The average molecular weight is 192 g/mol. The highest BCUT2D eigenvalue weighted by atomic mass is 16.5. The molecular weight excluding hydrogens is 176 g/mol. The normalized spacial score (nSPS) is 10.7. The molecule has 0 bridgehead atoms. The fraction of sp³-hybridized carbons (Fsp3) is 0.333. The van der Waals surface area contributed by atoms with Gasteiger partial charge in [-0.25, -0.2) is 0 Å². The topological polar surface area (TPSA) is 29.5 Å². The van der Waals surface area contributed by atoms with E-state index in [0.29, 0.717) is 13.0 Å². The van der Waals surface area contributed by atoms with Crippen LogP contribution in [0.5, 0.6) is 5.75 Å². The fourth-order valence-corrected chi connectivity index (χ4v) is 1.12. The molecule has 0 aliphatic heterocycles. The molecule has 0 amide bonds. The summed E-state index contributed by atoms with van der Waals surface area (Å²) in [6, 6.07) is 7.89. The first-order chi connectivity index (χ1) is 6.86. The van der Waals surface area contributed by atoms with Crippen LogP contribution in [0.1, 0.15) is 18.9 Å². The van der Waals surface area contributed by atoms with Gasteiger partial charge in [0.05, 0.1) is 6.61 Å². The molecule has 0 saturated heterocycles. The van der Waals surface area contributed by atoms with Crippen molar-refractivity contribution in [3.63, 3.8) is 0 Å². The number of rotatable bonds is 5. The van der Waals surface area contributed by atoms with Crippen molar-refractivity contribution in [2.24, 2.45) is 0 Å². The van der Waals surface area contributed by atoms with Crippen molar-refractivity contribution in [2.75, 3.05) is 13.2 Å². The summed E-state index contributed by atoms with van der Waals surface area (Å²) in [5.74, 6) is 0.853. The Morgan fingerprint density at radius 1 is 1.29 bits per heavy atom. The summed E-state index contributed by atoms with van der Waals surface area (Å²) >= 11 is 0. The van der Waals surface area contributed by atoms with E-state index in [2.05, 4.69) is 0 Å². The van der Waals surface area contributed by atoms with Crippen LogP contribution < -0.4 is 4.74 Å². The predicted octanol–water partition coefficient (Wildman–Crippen LogP) is 2.48. The maximum Gasteiger partial charge on any atom is 0.119 e. The SMILES string of the molecule is CC=Cc1ccc(OCCCO)cc1. The van der Waals surface area contributed by atoms with Gasteiger partial charge in [-0.05, 0) is 24.6 Å². The quantitative estimate of drug-likeness (QED) is 0.726. The van der Waals surface area contributed by atoms with E-state index >= 15 is 0 Å². The molecule has 1 rings (SSSR count). The van der Waals surface area contributed by atoms with E-state index in [4.69, 9.17) is 9.84 Å². The third kappa shape index (κ3) is 3.62. The Bertz CT molecular complexity index is 275. The van der Waals surface area contributed by atoms with Gasteiger partial charge in [-0.1, -0.05) is 24.3 Å². The van der Waals surface area contributed by atoms with E-state index in [1.807, 2.05) is 43.3 Å². The van der Waals surface area contributed by atoms with Crippen molar-refractivity contribution in [3.8, 4) is 5.75 Å². The number of hydrogen-bond acceptors (Lipinski definition) is 2. The minimum Gasteiger partial charge on any atom is -0.494 e. The van der Waals surface area contributed by atoms with Gasteiger partial charge < -0.3 is 9.84 Å². The number of aliphatic hydroxyl groups excluding tert-OH is 1. The molecule has 0 aromatic heterocycles. The molecule has 0 saturated carbocycles. The molecule has 1 aromatic rings. The van der Waals surface area contributed by atoms with Gasteiger partial charge in [0.2, 0.25) is 0 Å². The maximum atomic E-state index is 8.57. The van der Waals surface area contributed by atoms with Crippen molar-refractivity contribution in [2.45, 2.75) is 13.3 Å². The zero-order valence-electron chi connectivity index (χ0n) is 8.44. The zero-order chi connectivity index (χ0) is 10.2. The second kappa shape index (κ2) is 6.22. The lowest BCUT2D eigenvalue weighted by Gasteiger charge is -2.04. The lowest BCUT2D eigenvalue weighted by atomic mass is 10.2. The predicted molar refractivity (Wildman–Crippen MR) is 58.3 cm³/mol. The summed E-state index contributed by atoms with van der Waals surface area (Å²) in [4.78, 5) is 0. The Kier molecular flexibility index (Phi) is 4.79. The van der Waals surface area contributed by atoms with Crippen LogP contribution in [0.25, 0.3) is 6.08 Å². The van der Waals surface area contributed by atoms with Crippen LogP contribution in [0.15, 0.2) is 30.3 Å². The molecule has 0 unspecified atom stereocenters. The second-order valence-corrected chi connectivity index (χ2v) is 2.99. The third-order valence-corrected chi connectivity index (χ3v) is 1.81. The van der Waals surface area contributed by atoms with Crippen molar-refractivity contribution >= 4 is 6.08 Å². The molecule has 76 valence electrons. The van der Waals surface area contributed by atoms with Crippen LogP contribution in [0, 0.1) is 0 Å². The minimum atomic E-state index is 0.177. The van der Waals surface area contributed by atoms with Gasteiger partial charge in [-0.3, -0.25) is 0 Å². The Hall–Kier alpha value is -1.28. The number of benzene rings is 1. The highest BCUT2D eigenvalue weighted by Crippen LogP contribution is 2.13. The van der Waals surface area contributed by atoms with Gasteiger partial charge in [0.25, 0.3) is 0 Å². The van der Waals surface area contributed by atoms with Crippen molar-refractivity contribution in [3.05, 3.63) is 35.9 Å². The Labute approximate surface area is 84.8 Å². The summed E-state index contributed by atoms with van der Waals surface area (Å²) in [5.41, 5.74) is 1.17. The molecule has 0 atom stereocenters. The van der Waals surface area contributed by atoms with Crippen LogP contribution in [0.3, 0.4) is 0 Å². The Morgan fingerprint density at radius 2 is 2.00 bits per heavy atom. The largest absolute Gasteiger partial charge is 0.494 e.